The van der Waals surface area contributed by atoms with Gasteiger partial charge in [0, 0.05) is 23.1 Å². The van der Waals surface area contributed by atoms with Crippen LogP contribution in [0.15, 0.2) is 42.5 Å². The molecule has 0 unspecified atom stereocenters. The van der Waals surface area contributed by atoms with Crippen LogP contribution in [0.25, 0.3) is 22.2 Å². The zero-order valence-corrected chi connectivity index (χ0v) is 19.4. The fourth-order valence-electron chi connectivity index (χ4n) is 2.58. The van der Waals surface area contributed by atoms with Crippen LogP contribution in [0.3, 0.4) is 0 Å². The summed E-state index contributed by atoms with van der Waals surface area (Å²) in [5, 5.41) is 0.260. The molecule has 11 heteroatoms. The second-order valence-electron chi connectivity index (χ2n) is 5.28. The fourth-order valence-corrected chi connectivity index (χ4v) is 2.97. The molecule has 0 fully saturated rings. The van der Waals surface area contributed by atoms with Crippen molar-refractivity contribution in [3.8, 4) is 28.5 Å². The zero-order chi connectivity index (χ0) is 17.6. The van der Waals surface area contributed by atoms with Crippen molar-refractivity contribution in [2.75, 3.05) is 6.79 Å². The van der Waals surface area contributed by atoms with Crippen LogP contribution in [0.2, 0.25) is 0 Å². The summed E-state index contributed by atoms with van der Waals surface area (Å²) in [6.45, 7) is 0.0141. The molecule has 1 aliphatic rings. The molecule has 0 aliphatic carbocycles. The third kappa shape index (κ3) is 5.03. The Bertz CT molecular complexity index is 1040. The number of hydrogen-bond donors (Lipinski definition) is 0. The number of phosphoric acid groups is 1. The van der Waals surface area contributed by atoms with Crippen LogP contribution in [0.1, 0.15) is 0 Å². The molecule has 128 valence electrons. The van der Waals surface area contributed by atoms with Gasteiger partial charge in [-0.15, -0.1) is 0 Å². The quantitative estimate of drug-likeness (QED) is 0.322. The molecule has 3 aromatic rings. The number of nitrogens with zero attached hydrogens (tertiary/aromatic N) is 1. The second kappa shape index (κ2) is 8.78. The Labute approximate surface area is 197 Å². The predicted octanol–water partition coefficient (Wildman–Crippen LogP) is -4.01. The largest absolute Gasteiger partial charge is 1.00 e. The van der Waals surface area contributed by atoms with Crippen LogP contribution in [-0.2, 0) is 4.57 Å². The Morgan fingerprint density at radius 1 is 1.07 bits per heavy atom. The van der Waals surface area contributed by atoms with Crippen molar-refractivity contribution in [1.82, 2.24) is 4.98 Å². The van der Waals surface area contributed by atoms with Gasteiger partial charge in [-0.1, -0.05) is 12.1 Å². The molecule has 0 N–H and O–H groups in total. The van der Waals surface area contributed by atoms with E-state index in [0.717, 1.165) is 0 Å². The van der Waals surface area contributed by atoms with Crippen molar-refractivity contribution in [1.29, 1.82) is 0 Å². The third-order valence-corrected chi connectivity index (χ3v) is 4.02. The number of pyridine rings is 1. The summed E-state index contributed by atoms with van der Waals surface area (Å²) in [7, 11) is -5.31. The summed E-state index contributed by atoms with van der Waals surface area (Å²) in [6.07, 6.45) is 0. The Hall–Kier alpha value is -0.670. The molecule has 0 radical (unpaired) electrons. The normalized spacial score (nSPS) is 12.3. The summed E-state index contributed by atoms with van der Waals surface area (Å²) in [4.78, 5) is 26.6. The molecule has 0 spiro atoms. The molecule has 0 saturated heterocycles. The summed E-state index contributed by atoms with van der Waals surface area (Å²) >= 11 is 0. The SMILES string of the molecule is O=P([O-])([O-])Oc1cc(-c2cccc(F)c2)nc2cc3c(cc12)OCO3.[Na+].[Na+]. The number of hydrogen-bond acceptors (Lipinski definition) is 7. The van der Waals surface area contributed by atoms with Crippen LogP contribution in [-0.4, -0.2) is 11.8 Å². The smallest absolute Gasteiger partial charge is 0.780 e. The summed E-state index contributed by atoms with van der Waals surface area (Å²) in [6, 6.07) is 9.87. The van der Waals surface area contributed by atoms with Gasteiger partial charge in [0.25, 0.3) is 0 Å². The predicted molar refractivity (Wildman–Crippen MR) is 81.5 cm³/mol. The molecule has 1 aromatic heterocycles. The van der Waals surface area contributed by atoms with Gasteiger partial charge in [-0.25, -0.2) is 9.37 Å². The van der Waals surface area contributed by atoms with E-state index < -0.39 is 13.6 Å². The molecule has 27 heavy (non-hydrogen) atoms. The molecule has 2 aromatic carbocycles. The average Bonchev–Trinajstić information content (AvgIpc) is 2.98. The zero-order valence-electron chi connectivity index (χ0n) is 14.5. The first-order valence-corrected chi connectivity index (χ1v) is 8.57. The van der Waals surface area contributed by atoms with Crippen molar-refractivity contribution in [2.24, 2.45) is 0 Å². The summed E-state index contributed by atoms with van der Waals surface area (Å²) in [5.41, 5.74) is 0.958. The number of benzene rings is 2. The molecule has 4 rings (SSSR count). The minimum Gasteiger partial charge on any atom is -0.780 e. The number of halogens is 1. The number of aromatic nitrogens is 1. The van der Waals surface area contributed by atoms with Crippen molar-refractivity contribution in [3.63, 3.8) is 0 Å². The molecule has 0 amide bonds. The summed E-state index contributed by atoms with van der Waals surface area (Å²) < 4.78 is 39.7. The van der Waals surface area contributed by atoms with E-state index in [0.29, 0.717) is 22.6 Å². The van der Waals surface area contributed by atoms with E-state index in [4.69, 9.17) is 9.47 Å². The maximum absolute atomic E-state index is 13.5. The molecule has 2 heterocycles. The third-order valence-electron chi connectivity index (χ3n) is 3.60. The first-order chi connectivity index (χ1) is 11.9. The minimum atomic E-state index is -5.31. The van der Waals surface area contributed by atoms with Crippen molar-refractivity contribution in [3.05, 3.63) is 48.3 Å². The van der Waals surface area contributed by atoms with Crippen LogP contribution >= 0.6 is 7.82 Å². The topological polar surface area (TPSA) is 104 Å². The standard InChI is InChI=1S/C16H11FNO6P.2Na/c17-10-3-1-2-9(4-10)12-6-14(24-25(19,20)21)11-5-15-16(23-8-22-15)7-13(11)18-12;;/h1-7H,8H2,(H2,19,20,21);;/q;2*+1/p-2. The van der Waals surface area contributed by atoms with Gasteiger partial charge in [-0.2, -0.15) is 0 Å². The number of fused-ring (bicyclic) bond motifs is 2. The second-order valence-corrected chi connectivity index (χ2v) is 6.35. The van der Waals surface area contributed by atoms with E-state index in [-0.39, 0.29) is 82.7 Å². The first kappa shape index (κ1) is 22.6. The molecule has 1 aliphatic heterocycles. The van der Waals surface area contributed by atoms with Gasteiger partial charge in [-0.05, 0) is 18.2 Å². The average molecular weight is 407 g/mol. The van der Waals surface area contributed by atoms with Crippen LogP contribution in [0, 0.1) is 5.82 Å². The van der Waals surface area contributed by atoms with Gasteiger partial charge in [0.05, 0.1) is 11.2 Å². The van der Waals surface area contributed by atoms with E-state index in [1.807, 2.05) is 0 Å². The van der Waals surface area contributed by atoms with Crippen LogP contribution in [0.4, 0.5) is 4.39 Å². The number of rotatable bonds is 3. The number of phosphoric ester groups is 1. The van der Waals surface area contributed by atoms with Crippen LogP contribution < -0.4 is 82.9 Å². The minimum absolute atomic E-state index is 0. The van der Waals surface area contributed by atoms with E-state index in [1.54, 1.807) is 6.07 Å². The fraction of sp³-hybridized carbons (Fsp3) is 0.0625. The molecule has 0 atom stereocenters. The Kier molecular flexibility index (Phi) is 7.35. The van der Waals surface area contributed by atoms with E-state index in [9.17, 15) is 18.7 Å². The van der Waals surface area contributed by atoms with Gasteiger partial charge in [0.15, 0.2) is 11.5 Å². The van der Waals surface area contributed by atoms with E-state index in [1.165, 1.54) is 36.4 Å². The Morgan fingerprint density at radius 3 is 2.44 bits per heavy atom. The van der Waals surface area contributed by atoms with Gasteiger partial charge in [-0.3, -0.25) is 0 Å². The summed E-state index contributed by atoms with van der Waals surface area (Å²) in [5.74, 6) is 0.112. The monoisotopic (exact) mass is 407 g/mol. The molecular weight excluding hydrogens is 398 g/mol. The maximum Gasteiger partial charge on any atom is 1.00 e. The molecule has 7 nitrogen and oxygen atoms in total. The van der Waals surface area contributed by atoms with E-state index in [2.05, 4.69) is 9.51 Å². The van der Waals surface area contributed by atoms with Crippen LogP contribution in [0.5, 0.6) is 17.2 Å². The number of ether oxygens (including phenoxy) is 2. The molecular formula is C16H9FNNa2O6P. The Balaban J connectivity index is 0.00000131. The van der Waals surface area contributed by atoms with Gasteiger partial charge < -0.3 is 28.3 Å². The molecule has 0 bridgehead atoms. The molecule has 0 saturated carbocycles. The maximum atomic E-state index is 13.5. The van der Waals surface area contributed by atoms with Gasteiger partial charge >= 0.3 is 59.1 Å². The van der Waals surface area contributed by atoms with Gasteiger partial charge in [0.2, 0.25) is 6.79 Å². The van der Waals surface area contributed by atoms with Crippen molar-refractivity contribution >= 4 is 18.7 Å². The van der Waals surface area contributed by atoms with Crippen molar-refractivity contribution < 1.29 is 91.9 Å². The van der Waals surface area contributed by atoms with Gasteiger partial charge in [0.1, 0.15) is 19.4 Å². The van der Waals surface area contributed by atoms with E-state index >= 15 is 0 Å². The Morgan fingerprint density at radius 2 is 1.78 bits per heavy atom. The first-order valence-electron chi connectivity index (χ1n) is 7.11. The van der Waals surface area contributed by atoms with Crippen molar-refractivity contribution in [2.45, 2.75) is 0 Å².